The third-order valence-corrected chi connectivity index (χ3v) is 2.81. The molecule has 2 aliphatic rings. The molecule has 1 heterocycles. The lowest BCUT2D eigenvalue weighted by molar-refractivity contribution is 0.453. The lowest BCUT2D eigenvalue weighted by atomic mass is 9.98. The van der Waals surface area contributed by atoms with Gasteiger partial charge in [-0.25, -0.2) is 0 Å². The van der Waals surface area contributed by atoms with Gasteiger partial charge in [0.1, 0.15) is 0 Å². The van der Waals surface area contributed by atoms with Crippen molar-refractivity contribution in [3.05, 3.63) is 0 Å². The molecule has 1 saturated heterocycles. The summed E-state index contributed by atoms with van der Waals surface area (Å²) in [6.45, 7) is 2.39. The van der Waals surface area contributed by atoms with Gasteiger partial charge in [-0.05, 0) is 37.8 Å². The van der Waals surface area contributed by atoms with E-state index < -0.39 is 0 Å². The van der Waals surface area contributed by atoms with E-state index in [9.17, 15) is 0 Å². The van der Waals surface area contributed by atoms with Crippen molar-refractivity contribution >= 4 is 0 Å². The Morgan fingerprint density at radius 3 is 2.89 bits per heavy atom. The number of rotatable bonds is 0. The van der Waals surface area contributed by atoms with Crippen LogP contribution in [0.2, 0.25) is 0 Å². The maximum atomic E-state index is 5.88. The molecule has 2 heteroatoms. The summed E-state index contributed by atoms with van der Waals surface area (Å²) in [6, 6.07) is 0.505. The smallest absolute Gasteiger partial charge is 0.00825 e. The summed E-state index contributed by atoms with van der Waals surface area (Å²) in [6.07, 6.45) is 2.62. The van der Waals surface area contributed by atoms with Crippen molar-refractivity contribution in [1.82, 2.24) is 5.32 Å². The second-order valence-corrected chi connectivity index (χ2v) is 3.32. The standard InChI is InChI=1S/C7H14N2/c8-7-2-1-5-3-9-4-6(5)7/h5-7,9H,1-4,8H2/t5-,6-,7-/m1/s1. The molecule has 0 unspecified atom stereocenters. The van der Waals surface area contributed by atoms with Crippen molar-refractivity contribution in [2.45, 2.75) is 18.9 Å². The molecular weight excluding hydrogens is 112 g/mol. The van der Waals surface area contributed by atoms with Gasteiger partial charge in [0, 0.05) is 6.04 Å². The van der Waals surface area contributed by atoms with E-state index in [1.165, 1.54) is 25.9 Å². The van der Waals surface area contributed by atoms with Gasteiger partial charge in [-0.15, -0.1) is 0 Å². The minimum Gasteiger partial charge on any atom is -0.327 e. The second kappa shape index (κ2) is 1.96. The molecule has 9 heavy (non-hydrogen) atoms. The summed E-state index contributed by atoms with van der Waals surface area (Å²) in [7, 11) is 0. The van der Waals surface area contributed by atoms with Gasteiger partial charge in [-0.2, -0.15) is 0 Å². The molecule has 1 saturated carbocycles. The van der Waals surface area contributed by atoms with Crippen molar-refractivity contribution in [2.24, 2.45) is 17.6 Å². The zero-order chi connectivity index (χ0) is 6.27. The van der Waals surface area contributed by atoms with Crippen LogP contribution in [-0.4, -0.2) is 19.1 Å². The highest BCUT2D eigenvalue weighted by atomic mass is 14.9. The SMILES string of the molecule is N[C@@H]1CC[C@@H]2CNC[C@H]21. The average molecular weight is 126 g/mol. The van der Waals surface area contributed by atoms with E-state index >= 15 is 0 Å². The largest absolute Gasteiger partial charge is 0.327 e. The highest BCUT2D eigenvalue weighted by Gasteiger charge is 2.36. The van der Waals surface area contributed by atoms with E-state index in [4.69, 9.17) is 5.73 Å². The highest BCUT2D eigenvalue weighted by molar-refractivity contribution is 4.93. The Hall–Kier alpha value is -0.0800. The molecule has 1 aliphatic carbocycles. The zero-order valence-electron chi connectivity index (χ0n) is 5.64. The summed E-state index contributed by atoms with van der Waals surface area (Å²) in [5.41, 5.74) is 5.88. The Kier molecular flexibility index (Phi) is 1.24. The maximum Gasteiger partial charge on any atom is 0.00825 e. The zero-order valence-corrected chi connectivity index (χ0v) is 5.64. The summed E-state index contributed by atoms with van der Waals surface area (Å²) in [5.74, 6) is 1.73. The van der Waals surface area contributed by atoms with Crippen LogP contribution in [0.5, 0.6) is 0 Å². The Morgan fingerprint density at radius 1 is 1.22 bits per heavy atom. The van der Waals surface area contributed by atoms with Gasteiger partial charge in [0.2, 0.25) is 0 Å². The topological polar surface area (TPSA) is 38.0 Å². The predicted molar refractivity (Wildman–Crippen MR) is 37.1 cm³/mol. The van der Waals surface area contributed by atoms with Crippen molar-refractivity contribution in [3.8, 4) is 0 Å². The Bertz CT molecular complexity index is 113. The lowest BCUT2D eigenvalue weighted by Crippen LogP contribution is -2.28. The Balaban J connectivity index is 2.07. The molecule has 3 N–H and O–H groups in total. The Morgan fingerprint density at radius 2 is 2.11 bits per heavy atom. The number of nitrogens with one attached hydrogen (secondary N) is 1. The van der Waals surface area contributed by atoms with Crippen molar-refractivity contribution in [2.75, 3.05) is 13.1 Å². The first-order valence-electron chi connectivity index (χ1n) is 3.84. The van der Waals surface area contributed by atoms with Gasteiger partial charge in [0.25, 0.3) is 0 Å². The first-order valence-corrected chi connectivity index (χ1v) is 3.84. The number of hydrogen-bond donors (Lipinski definition) is 2. The molecule has 1 aliphatic heterocycles. The van der Waals surface area contributed by atoms with Crippen LogP contribution < -0.4 is 11.1 Å². The molecule has 2 rings (SSSR count). The third-order valence-electron chi connectivity index (χ3n) is 2.81. The second-order valence-electron chi connectivity index (χ2n) is 3.32. The third kappa shape index (κ3) is 0.775. The molecule has 52 valence electrons. The van der Waals surface area contributed by atoms with E-state index in [0.717, 1.165) is 11.8 Å². The number of nitrogens with two attached hydrogens (primary N) is 1. The van der Waals surface area contributed by atoms with E-state index in [2.05, 4.69) is 5.32 Å². The van der Waals surface area contributed by atoms with Gasteiger partial charge < -0.3 is 11.1 Å². The number of fused-ring (bicyclic) bond motifs is 1. The monoisotopic (exact) mass is 126 g/mol. The first kappa shape index (κ1) is 5.69. The summed E-state index contributed by atoms with van der Waals surface area (Å²) in [4.78, 5) is 0. The molecule has 3 atom stereocenters. The first-order chi connectivity index (χ1) is 4.38. The van der Waals surface area contributed by atoms with Gasteiger partial charge in [0.05, 0.1) is 0 Å². The molecule has 2 nitrogen and oxygen atoms in total. The van der Waals surface area contributed by atoms with Crippen LogP contribution >= 0.6 is 0 Å². The van der Waals surface area contributed by atoms with Gasteiger partial charge in [-0.1, -0.05) is 0 Å². The van der Waals surface area contributed by atoms with Crippen LogP contribution in [0.25, 0.3) is 0 Å². The maximum absolute atomic E-state index is 5.88. The molecule has 0 aromatic heterocycles. The number of hydrogen-bond acceptors (Lipinski definition) is 2. The fraction of sp³-hybridized carbons (Fsp3) is 1.00. The molecular formula is C7H14N2. The fourth-order valence-electron chi connectivity index (χ4n) is 2.19. The minimum absolute atomic E-state index is 0.505. The molecule has 0 radical (unpaired) electrons. The fourth-order valence-corrected chi connectivity index (χ4v) is 2.19. The van der Waals surface area contributed by atoms with E-state index in [1.54, 1.807) is 0 Å². The summed E-state index contributed by atoms with van der Waals surface area (Å²) >= 11 is 0. The van der Waals surface area contributed by atoms with Crippen LogP contribution in [0.3, 0.4) is 0 Å². The molecule has 0 aromatic carbocycles. The normalized spacial score (nSPS) is 49.7. The molecule has 0 amide bonds. The van der Waals surface area contributed by atoms with Crippen LogP contribution in [0.4, 0.5) is 0 Å². The van der Waals surface area contributed by atoms with Crippen LogP contribution in [0.1, 0.15) is 12.8 Å². The van der Waals surface area contributed by atoms with Gasteiger partial charge in [0.15, 0.2) is 0 Å². The minimum atomic E-state index is 0.505. The van der Waals surface area contributed by atoms with Crippen LogP contribution in [0.15, 0.2) is 0 Å². The molecule has 0 aromatic rings. The highest BCUT2D eigenvalue weighted by Crippen LogP contribution is 2.32. The van der Waals surface area contributed by atoms with E-state index in [1.807, 2.05) is 0 Å². The lowest BCUT2D eigenvalue weighted by Gasteiger charge is -2.10. The van der Waals surface area contributed by atoms with Crippen molar-refractivity contribution < 1.29 is 0 Å². The van der Waals surface area contributed by atoms with Crippen molar-refractivity contribution in [3.63, 3.8) is 0 Å². The molecule has 0 spiro atoms. The van der Waals surface area contributed by atoms with Gasteiger partial charge in [-0.3, -0.25) is 0 Å². The predicted octanol–water partition coefficient (Wildman–Crippen LogP) is -0.0569. The van der Waals surface area contributed by atoms with Gasteiger partial charge >= 0.3 is 0 Å². The van der Waals surface area contributed by atoms with Crippen LogP contribution in [-0.2, 0) is 0 Å². The van der Waals surface area contributed by atoms with E-state index in [0.29, 0.717) is 6.04 Å². The summed E-state index contributed by atoms with van der Waals surface area (Å²) < 4.78 is 0. The molecule has 0 bridgehead atoms. The Labute approximate surface area is 55.8 Å². The summed E-state index contributed by atoms with van der Waals surface area (Å²) in [5, 5.41) is 3.37. The van der Waals surface area contributed by atoms with Crippen LogP contribution in [0, 0.1) is 11.8 Å². The van der Waals surface area contributed by atoms with Crippen molar-refractivity contribution in [1.29, 1.82) is 0 Å². The van der Waals surface area contributed by atoms with E-state index in [-0.39, 0.29) is 0 Å². The average Bonchev–Trinajstić information content (AvgIpc) is 2.35. The quantitative estimate of drug-likeness (QED) is 0.477. The molecule has 2 fully saturated rings.